The Balaban J connectivity index is 1.65. The molecular weight excluding hydrogens is 316 g/mol. The van der Waals surface area contributed by atoms with E-state index in [0.29, 0.717) is 11.3 Å². The number of rotatable bonds is 4. The lowest BCUT2D eigenvalue weighted by Gasteiger charge is -2.13. The summed E-state index contributed by atoms with van der Waals surface area (Å²) >= 11 is 0. The Morgan fingerprint density at radius 1 is 1.16 bits per heavy atom. The minimum Gasteiger partial charge on any atom is -0.359 e. The van der Waals surface area contributed by atoms with Gasteiger partial charge in [-0.15, -0.1) is 0 Å². The molecule has 4 rings (SSSR count). The molecule has 1 aromatic carbocycles. The van der Waals surface area contributed by atoms with Gasteiger partial charge >= 0.3 is 0 Å². The molecule has 0 saturated heterocycles. The lowest BCUT2D eigenvalue weighted by atomic mass is 10.1. The number of nitrogens with two attached hydrogens (primary N) is 1. The molecule has 0 fully saturated rings. The van der Waals surface area contributed by atoms with E-state index < -0.39 is 6.04 Å². The summed E-state index contributed by atoms with van der Waals surface area (Å²) in [6.07, 6.45) is 8.71. The number of pyridine rings is 1. The van der Waals surface area contributed by atoms with Crippen LogP contribution in [0.5, 0.6) is 0 Å². The Morgan fingerprint density at radius 2 is 2.08 bits per heavy atom. The third-order valence-corrected chi connectivity index (χ3v) is 4.11. The van der Waals surface area contributed by atoms with Crippen molar-refractivity contribution < 1.29 is 4.79 Å². The fraction of sp³-hybridized carbons (Fsp3) is 0.0556. The Hall–Kier alpha value is -3.45. The summed E-state index contributed by atoms with van der Waals surface area (Å²) in [5, 5.41) is 10.7. The second kappa shape index (κ2) is 6.21. The van der Waals surface area contributed by atoms with E-state index in [1.54, 1.807) is 30.7 Å². The number of hydrogen-bond donors (Lipinski definition) is 4. The highest BCUT2D eigenvalue weighted by molar-refractivity contribution is 6.06. The van der Waals surface area contributed by atoms with Crippen molar-refractivity contribution in [2.75, 3.05) is 5.32 Å². The molecule has 0 aliphatic carbocycles. The molecule has 25 heavy (non-hydrogen) atoms. The highest BCUT2D eigenvalue weighted by Gasteiger charge is 2.18. The lowest BCUT2D eigenvalue weighted by molar-refractivity contribution is -0.117. The second-order valence-electron chi connectivity index (χ2n) is 5.67. The number of nitrogens with one attached hydrogen (secondary N) is 3. The summed E-state index contributed by atoms with van der Waals surface area (Å²) in [6.45, 7) is 0. The SMILES string of the molecule is N[C@H](C(=O)Nc1cccc2c(-c3cn[nH]c3)c[nH]c12)c1cccnc1. The zero-order chi connectivity index (χ0) is 17.2. The first-order chi connectivity index (χ1) is 12.2. The van der Waals surface area contributed by atoms with Crippen molar-refractivity contribution in [3.05, 3.63) is 66.9 Å². The number of aromatic amines is 2. The molecular formula is C18H16N6O. The van der Waals surface area contributed by atoms with Gasteiger partial charge in [-0.2, -0.15) is 5.10 Å². The second-order valence-corrected chi connectivity index (χ2v) is 5.67. The van der Waals surface area contributed by atoms with Crippen LogP contribution in [0.1, 0.15) is 11.6 Å². The van der Waals surface area contributed by atoms with Gasteiger partial charge in [0.05, 0.1) is 17.4 Å². The molecule has 5 N–H and O–H groups in total. The summed E-state index contributed by atoms with van der Waals surface area (Å²) in [7, 11) is 0. The van der Waals surface area contributed by atoms with Crippen LogP contribution in [0.4, 0.5) is 5.69 Å². The number of amides is 1. The van der Waals surface area contributed by atoms with Crippen molar-refractivity contribution in [1.82, 2.24) is 20.2 Å². The number of carbonyl (C=O) groups is 1. The van der Waals surface area contributed by atoms with Crippen molar-refractivity contribution >= 4 is 22.5 Å². The average molecular weight is 332 g/mol. The van der Waals surface area contributed by atoms with Crippen LogP contribution in [-0.2, 0) is 4.79 Å². The number of H-pyrrole nitrogens is 2. The number of nitrogens with zero attached hydrogens (tertiary/aromatic N) is 2. The summed E-state index contributed by atoms with van der Waals surface area (Å²) in [4.78, 5) is 19.7. The van der Waals surface area contributed by atoms with E-state index in [2.05, 4.69) is 25.5 Å². The maximum absolute atomic E-state index is 12.5. The zero-order valence-corrected chi connectivity index (χ0v) is 13.2. The molecule has 3 aromatic heterocycles. The normalized spacial score (nSPS) is 12.2. The van der Waals surface area contributed by atoms with Crippen LogP contribution in [0.15, 0.2) is 61.3 Å². The highest BCUT2D eigenvalue weighted by Crippen LogP contribution is 2.32. The number of anilines is 1. The minimum absolute atomic E-state index is 0.292. The predicted molar refractivity (Wildman–Crippen MR) is 95.7 cm³/mol. The molecule has 3 heterocycles. The van der Waals surface area contributed by atoms with Gasteiger partial charge < -0.3 is 16.0 Å². The summed E-state index contributed by atoms with van der Waals surface area (Å²) in [5.74, 6) is -0.292. The smallest absolute Gasteiger partial charge is 0.246 e. The van der Waals surface area contributed by atoms with E-state index in [1.165, 1.54) is 0 Å². The predicted octanol–water partition coefficient (Wildman–Crippen LogP) is 2.59. The first-order valence-corrected chi connectivity index (χ1v) is 7.79. The number of hydrogen-bond acceptors (Lipinski definition) is 4. The van der Waals surface area contributed by atoms with Crippen molar-refractivity contribution in [3.8, 4) is 11.1 Å². The monoisotopic (exact) mass is 332 g/mol. The lowest BCUT2D eigenvalue weighted by Crippen LogP contribution is -2.27. The van der Waals surface area contributed by atoms with E-state index in [-0.39, 0.29) is 5.91 Å². The van der Waals surface area contributed by atoms with Gasteiger partial charge in [-0.3, -0.25) is 14.9 Å². The largest absolute Gasteiger partial charge is 0.359 e. The van der Waals surface area contributed by atoms with E-state index in [4.69, 9.17) is 5.73 Å². The van der Waals surface area contributed by atoms with E-state index in [0.717, 1.165) is 22.0 Å². The van der Waals surface area contributed by atoms with Crippen molar-refractivity contribution in [2.45, 2.75) is 6.04 Å². The molecule has 0 bridgehead atoms. The van der Waals surface area contributed by atoms with Crippen LogP contribution in [0, 0.1) is 0 Å². The number of aromatic nitrogens is 4. The Labute approximate surface area is 143 Å². The standard InChI is InChI=1S/C18H16N6O/c19-16(11-3-2-6-20-7-11)18(25)24-15-5-1-4-13-14(10-21-17(13)15)12-8-22-23-9-12/h1-10,16,21H,19H2,(H,22,23)(H,24,25)/t16-/m0/s1. The summed E-state index contributed by atoms with van der Waals surface area (Å²) in [5.41, 5.74) is 10.2. The third-order valence-electron chi connectivity index (χ3n) is 4.11. The fourth-order valence-corrected chi connectivity index (χ4v) is 2.82. The van der Waals surface area contributed by atoms with Gasteiger partial charge in [0.25, 0.3) is 0 Å². The summed E-state index contributed by atoms with van der Waals surface area (Å²) in [6, 6.07) is 8.48. The van der Waals surface area contributed by atoms with Crippen LogP contribution in [0.25, 0.3) is 22.0 Å². The molecule has 7 heteroatoms. The van der Waals surface area contributed by atoms with Crippen molar-refractivity contribution in [2.24, 2.45) is 5.73 Å². The Morgan fingerprint density at radius 3 is 2.84 bits per heavy atom. The van der Waals surface area contributed by atoms with Gasteiger partial charge in [-0.1, -0.05) is 18.2 Å². The molecule has 0 radical (unpaired) electrons. The van der Waals surface area contributed by atoms with Crippen LogP contribution < -0.4 is 11.1 Å². The molecule has 4 aromatic rings. The number of fused-ring (bicyclic) bond motifs is 1. The van der Waals surface area contributed by atoms with E-state index in [1.807, 2.05) is 30.6 Å². The van der Waals surface area contributed by atoms with E-state index >= 15 is 0 Å². The van der Waals surface area contributed by atoms with Gasteiger partial charge in [0.1, 0.15) is 6.04 Å². The van der Waals surface area contributed by atoms with Gasteiger partial charge in [0.2, 0.25) is 5.91 Å². The molecule has 7 nitrogen and oxygen atoms in total. The first-order valence-electron chi connectivity index (χ1n) is 7.79. The maximum Gasteiger partial charge on any atom is 0.246 e. The van der Waals surface area contributed by atoms with Crippen LogP contribution in [-0.4, -0.2) is 26.1 Å². The van der Waals surface area contributed by atoms with Gasteiger partial charge in [-0.25, -0.2) is 0 Å². The van der Waals surface area contributed by atoms with E-state index in [9.17, 15) is 4.79 Å². The molecule has 0 aliphatic rings. The Bertz CT molecular complexity index is 1010. The van der Waals surface area contributed by atoms with Gasteiger partial charge in [0, 0.05) is 41.3 Å². The fourth-order valence-electron chi connectivity index (χ4n) is 2.82. The molecule has 1 atom stereocenters. The number of carbonyl (C=O) groups excluding carboxylic acids is 1. The molecule has 0 saturated carbocycles. The van der Waals surface area contributed by atoms with Crippen LogP contribution in [0.2, 0.25) is 0 Å². The highest BCUT2D eigenvalue weighted by atomic mass is 16.2. The Kier molecular flexibility index (Phi) is 3.75. The number of para-hydroxylation sites is 1. The summed E-state index contributed by atoms with van der Waals surface area (Å²) < 4.78 is 0. The topological polar surface area (TPSA) is 112 Å². The quantitative estimate of drug-likeness (QED) is 0.460. The molecule has 1 amide bonds. The number of benzene rings is 1. The maximum atomic E-state index is 12.5. The molecule has 124 valence electrons. The third kappa shape index (κ3) is 2.77. The molecule has 0 aliphatic heterocycles. The van der Waals surface area contributed by atoms with Crippen LogP contribution in [0.3, 0.4) is 0 Å². The zero-order valence-electron chi connectivity index (χ0n) is 13.2. The average Bonchev–Trinajstić information content (AvgIpc) is 3.31. The molecule has 0 unspecified atom stereocenters. The van der Waals surface area contributed by atoms with Gasteiger partial charge in [-0.05, 0) is 17.7 Å². The van der Waals surface area contributed by atoms with Crippen LogP contribution >= 0.6 is 0 Å². The van der Waals surface area contributed by atoms with Crippen molar-refractivity contribution in [3.63, 3.8) is 0 Å². The van der Waals surface area contributed by atoms with Gasteiger partial charge in [0.15, 0.2) is 0 Å². The minimum atomic E-state index is -0.785. The first kappa shape index (κ1) is 15.1. The van der Waals surface area contributed by atoms with Crippen molar-refractivity contribution in [1.29, 1.82) is 0 Å². The molecule has 0 spiro atoms.